The van der Waals surface area contributed by atoms with Gasteiger partial charge in [0.2, 0.25) is 0 Å². The molecule has 0 bridgehead atoms. The zero-order chi connectivity index (χ0) is 20.1. The Balaban J connectivity index is 1.56. The van der Waals surface area contributed by atoms with Gasteiger partial charge in [-0.05, 0) is 29.8 Å². The van der Waals surface area contributed by atoms with E-state index in [0.717, 1.165) is 10.6 Å². The lowest BCUT2D eigenvalue weighted by Gasteiger charge is -2.35. The maximum absolute atomic E-state index is 12.7. The van der Waals surface area contributed by atoms with Gasteiger partial charge in [-0.3, -0.25) is 9.69 Å². The molecule has 150 valence electrons. The number of alkyl halides is 3. The quantitative estimate of drug-likeness (QED) is 0.736. The van der Waals surface area contributed by atoms with Gasteiger partial charge in [-0.1, -0.05) is 35.9 Å². The van der Waals surface area contributed by atoms with Crippen molar-refractivity contribution in [2.75, 3.05) is 32.8 Å². The van der Waals surface area contributed by atoms with Gasteiger partial charge >= 0.3 is 6.18 Å². The third kappa shape index (κ3) is 5.62. The number of carbonyl (C=O) groups excluding carboxylic acids is 1. The van der Waals surface area contributed by atoms with E-state index in [1.54, 1.807) is 11.0 Å². The number of carbonyl (C=O) groups is 1. The number of amides is 1. The first kappa shape index (κ1) is 20.5. The molecule has 1 amide bonds. The van der Waals surface area contributed by atoms with Crippen LogP contribution >= 0.6 is 11.6 Å². The van der Waals surface area contributed by atoms with Gasteiger partial charge in [-0.15, -0.1) is 0 Å². The summed E-state index contributed by atoms with van der Waals surface area (Å²) in [5.41, 5.74) is 1.36. The van der Waals surface area contributed by atoms with Crippen molar-refractivity contribution in [2.24, 2.45) is 0 Å². The summed E-state index contributed by atoms with van der Waals surface area (Å²) in [6.45, 7) is 1.80. The molecule has 0 unspecified atom stereocenters. The molecule has 1 aliphatic rings. The molecule has 1 saturated heterocycles. The van der Waals surface area contributed by atoms with Crippen LogP contribution in [-0.2, 0) is 6.54 Å². The zero-order valence-electron chi connectivity index (χ0n) is 15.1. The van der Waals surface area contributed by atoms with Crippen LogP contribution in [0.3, 0.4) is 0 Å². The van der Waals surface area contributed by atoms with Crippen molar-refractivity contribution in [3.63, 3.8) is 0 Å². The molecule has 0 aromatic heterocycles. The third-order valence-electron chi connectivity index (χ3n) is 4.49. The number of piperazine rings is 1. The third-order valence-corrected chi connectivity index (χ3v) is 4.86. The number of ether oxygens (including phenoxy) is 1. The molecule has 28 heavy (non-hydrogen) atoms. The molecule has 0 aliphatic carbocycles. The maximum Gasteiger partial charge on any atom is 0.422 e. The molecule has 2 aromatic rings. The summed E-state index contributed by atoms with van der Waals surface area (Å²) in [4.78, 5) is 16.6. The number of rotatable bonds is 5. The van der Waals surface area contributed by atoms with Crippen molar-refractivity contribution < 1.29 is 22.7 Å². The Kier molecular flexibility index (Phi) is 6.46. The second kappa shape index (κ2) is 8.84. The maximum atomic E-state index is 12.7. The molecule has 2 aromatic carbocycles. The highest BCUT2D eigenvalue weighted by molar-refractivity contribution is 6.31. The van der Waals surface area contributed by atoms with Crippen molar-refractivity contribution in [3.05, 3.63) is 64.7 Å². The van der Waals surface area contributed by atoms with E-state index in [0.29, 0.717) is 38.3 Å². The van der Waals surface area contributed by atoms with E-state index < -0.39 is 12.8 Å². The average Bonchev–Trinajstić information content (AvgIpc) is 2.68. The van der Waals surface area contributed by atoms with Gasteiger partial charge in [0.05, 0.1) is 0 Å². The van der Waals surface area contributed by atoms with Crippen molar-refractivity contribution in [2.45, 2.75) is 12.7 Å². The predicted molar refractivity (Wildman–Crippen MR) is 101 cm³/mol. The fraction of sp³-hybridized carbons (Fsp3) is 0.350. The molecule has 1 heterocycles. The van der Waals surface area contributed by atoms with E-state index in [1.807, 2.05) is 24.3 Å². The predicted octanol–water partition coefficient (Wildman–Crippen LogP) is 4.24. The molecule has 0 spiro atoms. The molecule has 3 rings (SSSR count). The fourth-order valence-corrected chi connectivity index (χ4v) is 3.24. The van der Waals surface area contributed by atoms with Gasteiger partial charge in [0.1, 0.15) is 5.75 Å². The lowest BCUT2D eigenvalue weighted by atomic mass is 10.1. The van der Waals surface area contributed by atoms with E-state index in [2.05, 4.69) is 4.90 Å². The van der Waals surface area contributed by atoms with Crippen LogP contribution < -0.4 is 4.74 Å². The van der Waals surface area contributed by atoms with Crippen LogP contribution in [0.25, 0.3) is 0 Å². The van der Waals surface area contributed by atoms with E-state index in [-0.39, 0.29) is 11.7 Å². The second-order valence-corrected chi connectivity index (χ2v) is 7.00. The average molecular weight is 413 g/mol. The summed E-state index contributed by atoms with van der Waals surface area (Å²) in [7, 11) is 0. The Hall–Kier alpha value is -2.25. The summed E-state index contributed by atoms with van der Waals surface area (Å²) in [6, 6.07) is 13.5. The number of hydrogen-bond acceptors (Lipinski definition) is 3. The van der Waals surface area contributed by atoms with E-state index >= 15 is 0 Å². The van der Waals surface area contributed by atoms with Crippen molar-refractivity contribution in [1.82, 2.24) is 9.80 Å². The molecule has 4 nitrogen and oxygen atoms in total. The standard InChI is InChI=1S/C20H20ClF3N2O2/c21-18-7-2-1-4-16(18)13-25-8-10-26(11-9-25)19(27)15-5-3-6-17(12-15)28-14-20(22,23)24/h1-7,12H,8-11,13-14H2. The Bertz CT molecular complexity index is 821. The lowest BCUT2D eigenvalue weighted by Crippen LogP contribution is -2.48. The van der Waals surface area contributed by atoms with Crippen LogP contribution in [0.2, 0.25) is 5.02 Å². The SMILES string of the molecule is O=C(c1cccc(OCC(F)(F)F)c1)N1CCN(Cc2ccccc2Cl)CC1. The van der Waals surface area contributed by atoms with Crippen LogP contribution in [0.4, 0.5) is 13.2 Å². The summed E-state index contributed by atoms with van der Waals surface area (Å²) >= 11 is 6.20. The first-order chi connectivity index (χ1) is 13.3. The largest absolute Gasteiger partial charge is 0.484 e. The number of hydrogen-bond donors (Lipinski definition) is 0. The first-order valence-electron chi connectivity index (χ1n) is 8.86. The smallest absolute Gasteiger partial charge is 0.422 e. The molecule has 0 N–H and O–H groups in total. The highest BCUT2D eigenvalue weighted by Crippen LogP contribution is 2.21. The minimum absolute atomic E-state index is 0.0283. The minimum atomic E-state index is -4.42. The molecular weight excluding hydrogens is 393 g/mol. The van der Waals surface area contributed by atoms with Crippen LogP contribution in [0.1, 0.15) is 15.9 Å². The summed E-state index contributed by atoms with van der Waals surface area (Å²) in [5.74, 6) is -0.185. The highest BCUT2D eigenvalue weighted by atomic mass is 35.5. The van der Waals surface area contributed by atoms with Crippen molar-refractivity contribution in [3.8, 4) is 5.75 Å². The Morgan fingerprint density at radius 1 is 1.04 bits per heavy atom. The molecule has 0 radical (unpaired) electrons. The Morgan fingerprint density at radius 2 is 1.75 bits per heavy atom. The normalized spacial score (nSPS) is 15.5. The first-order valence-corrected chi connectivity index (χ1v) is 9.24. The van der Waals surface area contributed by atoms with Gasteiger partial charge in [0, 0.05) is 43.3 Å². The van der Waals surface area contributed by atoms with Crippen LogP contribution in [0, 0.1) is 0 Å². The monoisotopic (exact) mass is 412 g/mol. The molecule has 8 heteroatoms. The van der Waals surface area contributed by atoms with Crippen molar-refractivity contribution in [1.29, 1.82) is 0 Å². The van der Waals surface area contributed by atoms with E-state index in [9.17, 15) is 18.0 Å². The van der Waals surface area contributed by atoms with E-state index in [1.165, 1.54) is 18.2 Å². The molecule has 0 atom stereocenters. The van der Waals surface area contributed by atoms with Gasteiger partial charge in [-0.25, -0.2) is 0 Å². The number of nitrogens with zero attached hydrogens (tertiary/aromatic N) is 2. The lowest BCUT2D eigenvalue weighted by molar-refractivity contribution is -0.153. The molecule has 1 aliphatic heterocycles. The summed E-state index contributed by atoms with van der Waals surface area (Å²) in [5, 5.41) is 0.719. The van der Waals surface area contributed by atoms with Gasteiger partial charge in [0.25, 0.3) is 5.91 Å². The van der Waals surface area contributed by atoms with Crippen LogP contribution in [0.15, 0.2) is 48.5 Å². The second-order valence-electron chi connectivity index (χ2n) is 6.59. The topological polar surface area (TPSA) is 32.8 Å². The van der Waals surface area contributed by atoms with Crippen LogP contribution in [0.5, 0.6) is 5.75 Å². The highest BCUT2D eigenvalue weighted by Gasteiger charge is 2.28. The van der Waals surface area contributed by atoms with Gasteiger partial charge in [0.15, 0.2) is 6.61 Å². The number of halogens is 4. The van der Waals surface area contributed by atoms with Crippen LogP contribution in [-0.4, -0.2) is 54.7 Å². The van der Waals surface area contributed by atoms with Gasteiger partial charge in [-0.2, -0.15) is 13.2 Å². The minimum Gasteiger partial charge on any atom is -0.484 e. The number of benzene rings is 2. The van der Waals surface area contributed by atoms with Crippen molar-refractivity contribution >= 4 is 17.5 Å². The summed E-state index contributed by atoms with van der Waals surface area (Å²) < 4.78 is 41.6. The Morgan fingerprint density at radius 3 is 2.43 bits per heavy atom. The fourth-order valence-electron chi connectivity index (χ4n) is 3.04. The molecule has 0 saturated carbocycles. The van der Waals surface area contributed by atoms with Gasteiger partial charge < -0.3 is 9.64 Å². The molecule has 1 fully saturated rings. The molecular formula is C20H20ClF3N2O2. The Labute approximate surface area is 166 Å². The zero-order valence-corrected chi connectivity index (χ0v) is 15.8. The van der Waals surface area contributed by atoms with E-state index in [4.69, 9.17) is 16.3 Å². The summed E-state index contributed by atoms with van der Waals surface area (Å²) in [6.07, 6.45) is -4.42.